The molecule has 2 rings (SSSR count). The van der Waals surface area contributed by atoms with E-state index in [0.717, 1.165) is 5.56 Å². The van der Waals surface area contributed by atoms with Gasteiger partial charge in [0.25, 0.3) is 11.7 Å². The maximum absolute atomic E-state index is 10.7. The van der Waals surface area contributed by atoms with Crippen LogP contribution in [-0.4, -0.2) is 16.0 Å². The molecule has 0 saturated heterocycles. The summed E-state index contributed by atoms with van der Waals surface area (Å²) in [6.07, 6.45) is 1.67. The first-order valence-electron chi connectivity index (χ1n) is 4.29. The van der Waals surface area contributed by atoms with Crippen LogP contribution in [0.25, 0.3) is 0 Å². The molecular formula is C10H8N3O2. The zero-order valence-electron chi connectivity index (χ0n) is 7.75. The molecule has 1 amide bonds. The molecule has 2 aromatic rings. The fourth-order valence-corrected chi connectivity index (χ4v) is 1.09. The van der Waals surface area contributed by atoms with Crippen molar-refractivity contribution >= 4 is 5.91 Å². The molecule has 1 aromatic carbocycles. The normalized spacial score (nSPS) is 10.1. The van der Waals surface area contributed by atoms with Crippen LogP contribution in [0.2, 0.25) is 0 Å². The van der Waals surface area contributed by atoms with Gasteiger partial charge >= 0.3 is 0 Å². The van der Waals surface area contributed by atoms with Crippen molar-refractivity contribution in [2.45, 2.75) is 0 Å². The summed E-state index contributed by atoms with van der Waals surface area (Å²) in [4.78, 5) is 14.5. The van der Waals surface area contributed by atoms with E-state index < -0.39 is 5.91 Å². The van der Waals surface area contributed by atoms with Crippen LogP contribution in [0.3, 0.4) is 0 Å². The van der Waals surface area contributed by atoms with Crippen molar-refractivity contribution in [2.24, 2.45) is 5.73 Å². The van der Waals surface area contributed by atoms with E-state index in [9.17, 15) is 4.79 Å². The van der Waals surface area contributed by atoms with Gasteiger partial charge < -0.3 is 10.3 Å². The molecule has 1 aromatic heterocycles. The molecule has 0 aliphatic rings. The highest BCUT2D eigenvalue weighted by molar-refractivity contribution is 5.88. The molecule has 0 aliphatic heterocycles. The average molecular weight is 202 g/mol. The standard InChI is InChI=1S/C10H8N3O2/c11-9(14)10-12-8(15-13-10)6-7-4-2-1-3-5-7/h1-6H,(H2,11,14). The molecule has 0 fully saturated rings. The molecule has 5 nitrogen and oxygen atoms in total. The van der Waals surface area contributed by atoms with E-state index in [4.69, 9.17) is 10.3 Å². The maximum Gasteiger partial charge on any atom is 0.290 e. The first kappa shape index (κ1) is 9.39. The van der Waals surface area contributed by atoms with Crippen molar-refractivity contribution in [1.29, 1.82) is 0 Å². The number of hydrogen-bond donors (Lipinski definition) is 1. The maximum atomic E-state index is 10.7. The molecule has 15 heavy (non-hydrogen) atoms. The van der Waals surface area contributed by atoms with Gasteiger partial charge in [0, 0.05) is 0 Å². The van der Waals surface area contributed by atoms with Crippen LogP contribution < -0.4 is 5.73 Å². The second-order valence-electron chi connectivity index (χ2n) is 2.88. The third kappa shape index (κ3) is 2.19. The van der Waals surface area contributed by atoms with Crippen molar-refractivity contribution in [3.63, 3.8) is 0 Å². The van der Waals surface area contributed by atoms with Crippen LogP contribution >= 0.6 is 0 Å². The summed E-state index contributed by atoms with van der Waals surface area (Å²) in [7, 11) is 0. The van der Waals surface area contributed by atoms with Crippen molar-refractivity contribution in [2.75, 3.05) is 0 Å². The third-order valence-electron chi connectivity index (χ3n) is 1.75. The van der Waals surface area contributed by atoms with E-state index in [1.807, 2.05) is 30.3 Å². The highest BCUT2D eigenvalue weighted by Gasteiger charge is 2.11. The zero-order valence-corrected chi connectivity index (χ0v) is 7.75. The summed E-state index contributed by atoms with van der Waals surface area (Å²) in [6.45, 7) is 0. The summed E-state index contributed by atoms with van der Waals surface area (Å²) in [5.41, 5.74) is 5.90. The van der Waals surface area contributed by atoms with Crippen LogP contribution in [0.1, 0.15) is 22.1 Å². The number of hydrogen-bond acceptors (Lipinski definition) is 4. The molecule has 0 atom stereocenters. The molecule has 1 radical (unpaired) electrons. The molecule has 0 unspecified atom stereocenters. The van der Waals surface area contributed by atoms with Gasteiger partial charge in [0.05, 0.1) is 6.42 Å². The molecule has 75 valence electrons. The van der Waals surface area contributed by atoms with Crippen molar-refractivity contribution in [3.05, 3.63) is 54.0 Å². The van der Waals surface area contributed by atoms with Crippen LogP contribution in [0, 0.1) is 6.42 Å². The van der Waals surface area contributed by atoms with Gasteiger partial charge in [0.15, 0.2) is 0 Å². The monoisotopic (exact) mass is 202 g/mol. The lowest BCUT2D eigenvalue weighted by Crippen LogP contribution is -2.12. The minimum Gasteiger partial charge on any atom is -0.363 e. The lowest BCUT2D eigenvalue weighted by Gasteiger charge is -1.92. The topological polar surface area (TPSA) is 82.0 Å². The Labute approximate surface area is 85.9 Å². The SMILES string of the molecule is NC(=O)c1noc([CH]c2ccccc2)n1. The van der Waals surface area contributed by atoms with Crippen molar-refractivity contribution in [1.82, 2.24) is 10.1 Å². The smallest absolute Gasteiger partial charge is 0.290 e. The highest BCUT2D eigenvalue weighted by atomic mass is 16.5. The fraction of sp³-hybridized carbons (Fsp3) is 0. The minimum atomic E-state index is -0.702. The van der Waals surface area contributed by atoms with Crippen LogP contribution in [0.5, 0.6) is 0 Å². The summed E-state index contributed by atoms with van der Waals surface area (Å²) in [5.74, 6) is -0.557. The van der Waals surface area contributed by atoms with Gasteiger partial charge in [-0.25, -0.2) is 0 Å². The van der Waals surface area contributed by atoms with E-state index >= 15 is 0 Å². The van der Waals surface area contributed by atoms with Gasteiger partial charge in [0.2, 0.25) is 5.89 Å². The van der Waals surface area contributed by atoms with E-state index in [0.29, 0.717) is 0 Å². The molecule has 1 heterocycles. The Morgan fingerprint density at radius 2 is 2.07 bits per heavy atom. The number of nitrogens with zero attached hydrogens (tertiary/aromatic N) is 2. The second-order valence-corrected chi connectivity index (χ2v) is 2.88. The quantitative estimate of drug-likeness (QED) is 0.796. The molecule has 0 aliphatic carbocycles. The summed E-state index contributed by atoms with van der Waals surface area (Å²) in [6, 6.07) is 9.44. The molecular weight excluding hydrogens is 194 g/mol. The Bertz CT molecular complexity index is 465. The van der Waals surface area contributed by atoms with Gasteiger partial charge in [0.1, 0.15) is 0 Å². The number of benzene rings is 1. The first-order chi connectivity index (χ1) is 7.25. The number of amides is 1. The van der Waals surface area contributed by atoms with Gasteiger partial charge in [-0.2, -0.15) is 4.98 Å². The number of carbonyl (C=O) groups is 1. The van der Waals surface area contributed by atoms with Gasteiger partial charge in [-0.1, -0.05) is 35.5 Å². The fourth-order valence-electron chi connectivity index (χ4n) is 1.09. The van der Waals surface area contributed by atoms with Crippen LogP contribution in [0.4, 0.5) is 0 Å². The van der Waals surface area contributed by atoms with Crippen molar-refractivity contribution in [3.8, 4) is 0 Å². The molecule has 0 spiro atoms. The molecule has 2 N–H and O–H groups in total. The Morgan fingerprint density at radius 1 is 1.33 bits per heavy atom. The number of aromatic nitrogens is 2. The molecule has 0 saturated carbocycles. The third-order valence-corrected chi connectivity index (χ3v) is 1.75. The second kappa shape index (κ2) is 3.91. The predicted molar refractivity (Wildman–Crippen MR) is 51.8 cm³/mol. The first-order valence-corrected chi connectivity index (χ1v) is 4.29. The van der Waals surface area contributed by atoms with E-state index in [1.54, 1.807) is 6.42 Å². The Morgan fingerprint density at radius 3 is 2.67 bits per heavy atom. The Hall–Kier alpha value is -2.17. The van der Waals surface area contributed by atoms with E-state index in [-0.39, 0.29) is 11.7 Å². The summed E-state index contributed by atoms with van der Waals surface area (Å²) >= 11 is 0. The number of carbonyl (C=O) groups excluding carboxylic acids is 1. The van der Waals surface area contributed by atoms with Crippen molar-refractivity contribution < 1.29 is 9.32 Å². The predicted octanol–water partition coefficient (Wildman–Crippen LogP) is 0.769. The largest absolute Gasteiger partial charge is 0.363 e. The van der Waals surface area contributed by atoms with Crippen LogP contribution in [0.15, 0.2) is 34.9 Å². The summed E-state index contributed by atoms with van der Waals surface area (Å²) in [5, 5.41) is 3.42. The lowest BCUT2D eigenvalue weighted by molar-refractivity contribution is 0.0987. The number of primary amides is 1. The lowest BCUT2D eigenvalue weighted by atomic mass is 10.1. The zero-order chi connectivity index (χ0) is 10.7. The van der Waals surface area contributed by atoms with Gasteiger partial charge in [-0.15, -0.1) is 0 Å². The minimum absolute atomic E-state index is 0.114. The highest BCUT2D eigenvalue weighted by Crippen LogP contribution is 2.09. The van der Waals surface area contributed by atoms with E-state index in [2.05, 4.69) is 10.1 Å². The Balaban J connectivity index is 2.15. The van der Waals surface area contributed by atoms with E-state index in [1.165, 1.54) is 0 Å². The Kier molecular flexibility index (Phi) is 2.45. The number of nitrogens with two attached hydrogens (primary N) is 1. The van der Waals surface area contributed by atoms with Gasteiger partial charge in [-0.05, 0) is 5.56 Å². The molecule has 0 bridgehead atoms. The number of rotatable bonds is 3. The van der Waals surface area contributed by atoms with Crippen LogP contribution in [-0.2, 0) is 0 Å². The summed E-state index contributed by atoms with van der Waals surface area (Å²) < 4.78 is 4.81. The average Bonchev–Trinajstić information content (AvgIpc) is 2.68. The molecule has 5 heteroatoms. The van der Waals surface area contributed by atoms with Gasteiger partial charge in [-0.3, -0.25) is 4.79 Å².